The predicted molar refractivity (Wildman–Crippen MR) is 92.8 cm³/mol. The van der Waals surface area contributed by atoms with Crippen molar-refractivity contribution < 1.29 is 9.59 Å². The van der Waals surface area contributed by atoms with Crippen LogP contribution < -0.4 is 10.6 Å². The van der Waals surface area contributed by atoms with Gasteiger partial charge in [0.2, 0.25) is 0 Å². The fraction of sp³-hybridized carbons (Fsp3) is 0.444. The van der Waals surface area contributed by atoms with Crippen molar-refractivity contribution in [2.75, 3.05) is 13.1 Å². The van der Waals surface area contributed by atoms with E-state index in [9.17, 15) is 9.59 Å². The minimum Gasteiger partial charge on any atom is -0.387 e. The van der Waals surface area contributed by atoms with Gasteiger partial charge in [0.15, 0.2) is 11.6 Å². The molecule has 1 aliphatic heterocycles. The van der Waals surface area contributed by atoms with Gasteiger partial charge in [0.1, 0.15) is 0 Å². The lowest BCUT2D eigenvalue weighted by Crippen LogP contribution is -2.38. The molecule has 1 saturated heterocycles. The van der Waals surface area contributed by atoms with Gasteiger partial charge in [0.25, 0.3) is 0 Å². The molecule has 0 bridgehead atoms. The van der Waals surface area contributed by atoms with E-state index in [2.05, 4.69) is 10.6 Å². The summed E-state index contributed by atoms with van der Waals surface area (Å²) in [4.78, 5) is 24.6. The number of ketones is 2. The highest BCUT2D eigenvalue weighted by Gasteiger charge is 2.31. The van der Waals surface area contributed by atoms with Gasteiger partial charge in [-0.3, -0.25) is 9.59 Å². The number of hydrogen-bond donors (Lipinski definition) is 2. The van der Waals surface area contributed by atoms with Gasteiger partial charge in [-0.1, -0.05) is 30.3 Å². The smallest absolute Gasteiger partial charge is 0.168 e. The fourth-order valence-corrected chi connectivity index (χ4v) is 3.21. The number of allylic oxidation sites excluding steroid dienone is 1. The number of piperidine rings is 1. The number of rotatable bonds is 3. The summed E-state index contributed by atoms with van der Waals surface area (Å²) in [5, 5.41) is 6.56. The van der Waals surface area contributed by atoms with Gasteiger partial charge in [-0.25, -0.2) is 0 Å². The second kappa shape index (κ2) is 8.27. The Morgan fingerprint density at radius 2 is 1.61 bits per heavy atom. The van der Waals surface area contributed by atoms with Crippen LogP contribution in [0, 0.1) is 0 Å². The molecule has 2 aliphatic rings. The minimum absolute atomic E-state index is 0. The molecule has 1 saturated carbocycles. The summed E-state index contributed by atoms with van der Waals surface area (Å²) >= 11 is 0. The number of halogens is 1. The largest absolute Gasteiger partial charge is 0.387 e. The Bertz CT molecular complexity index is 560. The second-order valence-electron chi connectivity index (χ2n) is 6.11. The number of hydrogen-bond acceptors (Lipinski definition) is 4. The van der Waals surface area contributed by atoms with Crippen molar-refractivity contribution >= 4 is 24.0 Å². The Hall–Kier alpha value is -1.65. The Balaban J connectivity index is 0.00000192. The molecule has 0 aromatic heterocycles. The maximum Gasteiger partial charge on any atom is 0.168 e. The van der Waals surface area contributed by atoms with Crippen LogP contribution in [0.5, 0.6) is 0 Å². The summed E-state index contributed by atoms with van der Waals surface area (Å²) in [6.07, 6.45) is 4.57. The zero-order valence-electron chi connectivity index (χ0n) is 13.1. The molecular formula is C18H23ClN2O2. The van der Waals surface area contributed by atoms with E-state index in [1.54, 1.807) is 6.20 Å². The quantitative estimate of drug-likeness (QED) is 0.658. The summed E-state index contributed by atoms with van der Waals surface area (Å²) in [5.41, 5.74) is 1.43. The Kier molecular flexibility index (Phi) is 6.37. The molecule has 1 aromatic carbocycles. The first-order valence-electron chi connectivity index (χ1n) is 8.02. The van der Waals surface area contributed by atoms with Crippen molar-refractivity contribution in [2.45, 2.75) is 37.6 Å². The van der Waals surface area contributed by atoms with Crippen LogP contribution >= 0.6 is 12.4 Å². The Labute approximate surface area is 143 Å². The van der Waals surface area contributed by atoms with Gasteiger partial charge < -0.3 is 10.6 Å². The first-order chi connectivity index (χ1) is 10.7. The summed E-state index contributed by atoms with van der Waals surface area (Å²) in [6.45, 7) is 1.97. The van der Waals surface area contributed by atoms with Crippen LogP contribution in [-0.4, -0.2) is 30.7 Å². The van der Waals surface area contributed by atoms with E-state index in [0.717, 1.165) is 31.5 Å². The summed E-state index contributed by atoms with van der Waals surface area (Å²) in [7, 11) is 0. The molecule has 0 amide bonds. The molecule has 0 atom stereocenters. The van der Waals surface area contributed by atoms with Gasteiger partial charge in [0.05, 0.1) is 5.57 Å². The molecule has 1 heterocycles. The Morgan fingerprint density at radius 3 is 2.22 bits per heavy atom. The van der Waals surface area contributed by atoms with E-state index in [0.29, 0.717) is 24.5 Å². The highest BCUT2D eigenvalue weighted by molar-refractivity contribution is 6.22. The standard InChI is InChI=1S/C18H22N2O2.ClH/c21-17-10-14(13-4-2-1-3-5-13)11-18(22)16(17)12-20-15-6-8-19-9-7-15;/h1-5,12,14-15,19-20H,6-11H2;1H. The second-order valence-corrected chi connectivity index (χ2v) is 6.11. The Morgan fingerprint density at radius 1 is 1.00 bits per heavy atom. The van der Waals surface area contributed by atoms with Crippen molar-refractivity contribution in [1.29, 1.82) is 0 Å². The van der Waals surface area contributed by atoms with Crippen LogP contribution in [0.2, 0.25) is 0 Å². The first-order valence-corrected chi connectivity index (χ1v) is 8.02. The van der Waals surface area contributed by atoms with Crippen molar-refractivity contribution in [3.05, 3.63) is 47.7 Å². The van der Waals surface area contributed by atoms with Crippen LogP contribution in [0.4, 0.5) is 0 Å². The van der Waals surface area contributed by atoms with Crippen LogP contribution in [0.1, 0.15) is 37.2 Å². The van der Waals surface area contributed by atoms with Crippen LogP contribution in [-0.2, 0) is 9.59 Å². The predicted octanol–water partition coefficient (Wildman–Crippen LogP) is 2.35. The highest BCUT2D eigenvalue weighted by atomic mass is 35.5. The summed E-state index contributed by atoms with van der Waals surface area (Å²) in [5.74, 6) is -0.0460. The molecule has 23 heavy (non-hydrogen) atoms. The third-order valence-corrected chi connectivity index (χ3v) is 4.54. The molecule has 2 N–H and O–H groups in total. The van der Waals surface area contributed by atoms with Gasteiger partial charge >= 0.3 is 0 Å². The van der Waals surface area contributed by atoms with Gasteiger partial charge in [0, 0.05) is 25.1 Å². The van der Waals surface area contributed by atoms with Gasteiger partial charge in [-0.2, -0.15) is 0 Å². The average molecular weight is 335 g/mol. The molecule has 0 radical (unpaired) electrons. The number of carbonyl (C=O) groups excluding carboxylic acids is 2. The number of Topliss-reactive ketones (excluding diaryl/α,β-unsaturated/α-hetero) is 2. The molecule has 2 fully saturated rings. The molecular weight excluding hydrogens is 312 g/mol. The van der Waals surface area contributed by atoms with E-state index in [4.69, 9.17) is 0 Å². The number of carbonyl (C=O) groups is 2. The maximum atomic E-state index is 12.3. The van der Waals surface area contributed by atoms with E-state index >= 15 is 0 Å². The zero-order valence-corrected chi connectivity index (χ0v) is 13.9. The third kappa shape index (κ3) is 4.43. The van der Waals surface area contributed by atoms with Gasteiger partial charge in [-0.05, 0) is 37.4 Å². The van der Waals surface area contributed by atoms with E-state index in [1.807, 2.05) is 30.3 Å². The molecule has 1 aromatic rings. The van der Waals surface area contributed by atoms with Crippen molar-refractivity contribution in [2.24, 2.45) is 0 Å². The SMILES string of the molecule is Cl.O=C1CC(c2ccccc2)CC(=O)C1=CNC1CCNCC1. The average Bonchev–Trinajstić information content (AvgIpc) is 2.56. The monoisotopic (exact) mass is 334 g/mol. The van der Waals surface area contributed by atoms with Crippen molar-refractivity contribution in [1.82, 2.24) is 10.6 Å². The number of benzene rings is 1. The van der Waals surface area contributed by atoms with Crippen LogP contribution in [0.3, 0.4) is 0 Å². The minimum atomic E-state index is -0.0356. The van der Waals surface area contributed by atoms with E-state index in [1.165, 1.54) is 0 Å². The topological polar surface area (TPSA) is 58.2 Å². The molecule has 3 rings (SSSR count). The maximum absolute atomic E-state index is 12.3. The lowest BCUT2D eigenvalue weighted by molar-refractivity contribution is -0.124. The lowest BCUT2D eigenvalue weighted by atomic mass is 9.80. The normalized spacial score (nSPS) is 22.4. The lowest BCUT2D eigenvalue weighted by Gasteiger charge is -2.25. The number of nitrogens with one attached hydrogen (secondary N) is 2. The molecule has 0 spiro atoms. The molecule has 124 valence electrons. The molecule has 5 heteroatoms. The molecule has 0 unspecified atom stereocenters. The highest BCUT2D eigenvalue weighted by Crippen LogP contribution is 2.31. The van der Waals surface area contributed by atoms with Crippen molar-refractivity contribution in [3.63, 3.8) is 0 Å². The van der Waals surface area contributed by atoms with Crippen LogP contribution in [0.25, 0.3) is 0 Å². The van der Waals surface area contributed by atoms with E-state index < -0.39 is 0 Å². The molecule has 4 nitrogen and oxygen atoms in total. The zero-order chi connectivity index (χ0) is 15.4. The third-order valence-electron chi connectivity index (χ3n) is 4.54. The van der Waals surface area contributed by atoms with Crippen molar-refractivity contribution in [3.8, 4) is 0 Å². The fourth-order valence-electron chi connectivity index (χ4n) is 3.21. The molecule has 1 aliphatic carbocycles. The summed E-state index contributed by atoms with van der Waals surface area (Å²) in [6, 6.07) is 10.2. The summed E-state index contributed by atoms with van der Waals surface area (Å²) < 4.78 is 0. The first kappa shape index (κ1) is 17.7. The van der Waals surface area contributed by atoms with Crippen LogP contribution in [0.15, 0.2) is 42.1 Å². The van der Waals surface area contributed by atoms with E-state index in [-0.39, 0.29) is 29.9 Å². The van der Waals surface area contributed by atoms with Gasteiger partial charge in [-0.15, -0.1) is 12.4 Å².